The lowest BCUT2D eigenvalue weighted by molar-refractivity contribution is 0.0964. The molecule has 0 aliphatic carbocycles. The van der Waals surface area contributed by atoms with Gasteiger partial charge in [0.2, 0.25) is 0 Å². The molecule has 1 heterocycles. The summed E-state index contributed by atoms with van der Waals surface area (Å²) in [6.07, 6.45) is 0.967. The maximum Gasteiger partial charge on any atom is 0.257 e. The van der Waals surface area contributed by atoms with Crippen LogP contribution in [0.1, 0.15) is 30.6 Å². The predicted molar refractivity (Wildman–Crippen MR) is 78.9 cm³/mol. The molecule has 0 fully saturated rings. The molecule has 108 valence electrons. The second-order valence-electron chi connectivity index (χ2n) is 4.27. The number of hydrogen-bond acceptors (Lipinski definition) is 6. The van der Waals surface area contributed by atoms with E-state index in [4.69, 9.17) is 10.5 Å². The largest absolute Gasteiger partial charge is 0.383 e. The van der Waals surface area contributed by atoms with Crippen LogP contribution >= 0.6 is 11.5 Å². The van der Waals surface area contributed by atoms with E-state index in [1.54, 1.807) is 14.2 Å². The molecule has 0 aliphatic rings. The third-order valence-corrected chi connectivity index (χ3v) is 3.97. The number of methoxy groups -OCH3 is 1. The first-order chi connectivity index (χ1) is 9.06. The van der Waals surface area contributed by atoms with Gasteiger partial charge in [-0.15, -0.1) is 0 Å². The summed E-state index contributed by atoms with van der Waals surface area (Å²) in [4.78, 5) is 14.1. The molecular weight excluding hydrogens is 264 g/mol. The number of amides is 1. The smallest absolute Gasteiger partial charge is 0.257 e. The summed E-state index contributed by atoms with van der Waals surface area (Å²) in [6.45, 7) is 5.51. The van der Waals surface area contributed by atoms with Crippen LogP contribution in [-0.2, 0) is 4.74 Å². The molecule has 6 nitrogen and oxygen atoms in total. The highest BCUT2D eigenvalue weighted by Gasteiger charge is 2.25. The van der Waals surface area contributed by atoms with E-state index in [2.05, 4.69) is 28.4 Å². The Kier molecular flexibility index (Phi) is 6.04. The SMILES string of the molecule is CCC(C)N(CCOC)c1snc(N)c1C(=O)NC. The summed E-state index contributed by atoms with van der Waals surface area (Å²) < 4.78 is 9.24. The molecule has 1 amide bonds. The lowest BCUT2D eigenvalue weighted by Crippen LogP contribution is -2.36. The Labute approximate surface area is 118 Å². The fraction of sp³-hybridized carbons (Fsp3) is 0.667. The van der Waals surface area contributed by atoms with Gasteiger partial charge in [0.25, 0.3) is 5.91 Å². The number of aromatic nitrogens is 1. The van der Waals surface area contributed by atoms with Gasteiger partial charge in [-0.25, -0.2) is 0 Å². The van der Waals surface area contributed by atoms with Crippen LogP contribution in [-0.4, -0.2) is 43.6 Å². The maximum atomic E-state index is 11.9. The summed E-state index contributed by atoms with van der Waals surface area (Å²) in [5.74, 6) is 0.0806. The van der Waals surface area contributed by atoms with Crippen molar-refractivity contribution >= 4 is 28.3 Å². The van der Waals surface area contributed by atoms with Gasteiger partial charge in [-0.05, 0) is 24.9 Å². The highest BCUT2D eigenvalue weighted by Crippen LogP contribution is 2.32. The van der Waals surface area contributed by atoms with Crippen LogP contribution in [0.5, 0.6) is 0 Å². The van der Waals surface area contributed by atoms with Crippen molar-refractivity contribution in [3.8, 4) is 0 Å². The average Bonchev–Trinajstić information content (AvgIpc) is 2.79. The van der Waals surface area contributed by atoms with Gasteiger partial charge in [0, 0.05) is 26.7 Å². The number of carbonyl (C=O) groups is 1. The third kappa shape index (κ3) is 3.57. The zero-order chi connectivity index (χ0) is 14.4. The van der Waals surface area contributed by atoms with E-state index in [1.165, 1.54) is 11.5 Å². The summed E-state index contributed by atoms with van der Waals surface area (Å²) in [5, 5.41) is 3.41. The number of rotatable bonds is 7. The molecule has 0 radical (unpaired) electrons. The van der Waals surface area contributed by atoms with Gasteiger partial charge >= 0.3 is 0 Å². The molecule has 0 aliphatic heterocycles. The van der Waals surface area contributed by atoms with Crippen molar-refractivity contribution in [3.05, 3.63) is 5.56 Å². The Balaban J connectivity index is 3.11. The van der Waals surface area contributed by atoms with E-state index < -0.39 is 0 Å². The van der Waals surface area contributed by atoms with Gasteiger partial charge < -0.3 is 20.7 Å². The molecule has 1 unspecified atom stereocenters. The van der Waals surface area contributed by atoms with Crippen LogP contribution in [0.15, 0.2) is 0 Å². The normalized spacial score (nSPS) is 12.2. The van der Waals surface area contributed by atoms with E-state index in [9.17, 15) is 4.79 Å². The average molecular weight is 286 g/mol. The fourth-order valence-electron chi connectivity index (χ4n) is 1.76. The van der Waals surface area contributed by atoms with Gasteiger partial charge in [0.1, 0.15) is 10.6 Å². The van der Waals surface area contributed by atoms with Crippen molar-refractivity contribution in [2.24, 2.45) is 0 Å². The lowest BCUT2D eigenvalue weighted by Gasteiger charge is -2.29. The molecule has 1 rings (SSSR count). The molecule has 7 heteroatoms. The standard InChI is InChI=1S/C12H22N4O2S/c1-5-8(2)16(6-7-18-4)12-9(11(17)14-3)10(13)15-19-12/h8H,5-7H2,1-4H3,(H2,13,15)(H,14,17). The van der Waals surface area contributed by atoms with Crippen molar-refractivity contribution in [3.63, 3.8) is 0 Å². The van der Waals surface area contributed by atoms with Crippen LogP contribution in [0.25, 0.3) is 0 Å². The summed E-state index contributed by atoms with van der Waals surface area (Å²) in [7, 11) is 3.25. The minimum Gasteiger partial charge on any atom is -0.383 e. The van der Waals surface area contributed by atoms with Crippen molar-refractivity contribution in [1.29, 1.82) is 0 Å². The van der Waals surface area contributed by atoms with Crippen molar-refractivity contribution in [1.82, 2.24) is 9.69 Å². The predicted octanol–water partition coefficient (Wildman–Crippen LogP) is 1.34. The van der Waals surface area contributed by atoms with Crippen molar-refractivity contribution in [2.75, 3.05) is 37.9 Å². The van der Waals surface area contributed by atoms with E-state index in [0.29, 0.717) is 24.8 Å². The first kappa shape index (κ1) is 15.7. The van der Waals surface area contributed by atoms with Crippen LogP contribution in [0.2, 0.25) is 0 Å². The first-order valence-corrected chi connectivity index (χ1v) is 7.06. The minimum atomic E-state index is -0.202. The zero-order valence-electron chi connectivity index (χ0n) is 11.9. The second kappa shape index (κ2) is 7.30. The molecule has 19 heavy (non-hydrogen) atoms. The van der Waals surface area contributed by atoms with Crippen LogP contribution in [0.4, 0.5) is 10.8 Å². The van der Waals surface area contributed by atoms with Crippen molar-refractivity contribution < 1.29 is 9.53 Å². The summed E-state index contributed by atoms with van der Waals surface area (Å²) in [6, 6.07) is 0.290. The molecule has 0 saturated heterocycles. The molecule has 0 spiro atoms. The zero-order valence-corrected chi connectivity index (χ0v) is 12.7. The number of anilines is 2. The topological polar surface area (TPSA) is 80.5 Å². The fourth-order valence-corrected chi connectivity index (χ4v) is 2.70. The van der Waals surface area contributed by atoms with Crippen molar-refractivity contribution in [2.45, 2.75) is 26.3 Å². The second-order valence-corrected chi connectivity index (χ2v) is 5.02. The lowest BCUT2D eigenvalue weighted by atomic mass is 10.2. The number of carbonyl (C=O) groups excluding carboxylic acids is 1. The number of nitrogen functional groups attached to an aromatic ring is 1. The van der Waals surface area contributed by atoms with E-state index >= 15 is 0 Å². The molecule has 0 saturated carbocycles. The van der Waals surface area contributed by atoms with Gasteiger partial charge in [-0.2, -0.15) is 4.37 Å². The Morgan fingerprint density at radius 1 is 1.63 bits per heavy atom. The van der Waals surface area contributed by atoms with Crippen LogP contribution in [0.3, 0.4) is 0 Å². The van der Waals surface area contributed by atoms with Gasteiger partial charge in [-0.1, -0.05) is 6.92 Å². The number of nitrogens with one attached hydrogen (secondary N) is 1. The molecule has 0 bridgehead atoms. The Hall–Kier alpha value is -1.34. The monoisotopic (exact) mass is 286 g/mol. The summed E-state index contributed by atoms with van der Waals surface area (Å²) in [5.41, 5.74) is 6.27. The molecule has 1 atom stereocenters. The molecule has 3 N–H and O–H groups in total. The highest BCUT2D eigenvalue weighted by molar-refractivity contribution is 7.11. The van der Waals surface area contributed by atoms with E-state index in [-0.39, 0.29) is 11.7 Å². The number of nitrogens with zero attached hydrogens (tertiary/aromatic N) is 2. The number of ether oxygens (including phenoxy) is 1. The maximum absolute atomic E-state index is 11.9. The quantitative estimate of drug-likeness (QED) is 0.790. The molecule has 1 aromatic heterocycles. The van der Waals surface area contributed by atoms with E-state index in [1.807, 2.05) is 0 Å². The Bertz CT molecular complexity index is 422. The van der Waals surface area contributed by atoms with Gasteiger partial charge in [0.05, 0.1) is 6.61 Å². The molecular formula is C12H22N4O2S. The Morgan fingerprint density at radius 3 is 2.84 bits per heavy atom. The minimum absolute atomic E-state index is 0.202. The van der Waals surface area contributed by atoms with Gasteiger partial charge in [-0.3, -0.25) is 4.79 Å². The third-order valence-electron chi connectivity index (χ3n) is 3.07. The Morgan fingerprint density at radius 2 is 2.32 bits per heavy atom. The summed E-state index contributed by atoms with van der Waals surface area (Å²) >= 11 is 1.26. The highest BCUT2D eigenvalue weighted by atomic mass is 32.1. The van der Waals surface area contributed by atoms with Crippen LogP contribution in [0, 0.1) is 0 Å². The molecule has 0 aromatic carbocycles. The number of nitrogens with two attached hydrogens (primary N) is 1. The van der Waals surface area contributed by atoms with Gasteiger partial charge in [0.15, 0.2) is 5.82 Å². The van der Waals surface area contributed by atoms with E-state index in [0.717, 1.165) is 11.4 Å². The number of hydrogen-bond donors (Lipinski definition) is 2. The van der Waals surface area contributed by atoms with Crippen LogP contribution < -0.4 is 16.0 Å². The first-order valence-electron chi connectivity index (χ1n) is 6.29. The molecule has 1 aromatic rings.